The van der Waals surface area contributed by atoms with Gasteiger partial charge >= 0.3 is 0 Å². The molecular formula is C11H16N4O. The molecule has 2 rings (SSSR count). The van der Waals surface area contributed by atoms with Crippen LogP contribution in [0.1, 0.15) is 17.1 Å². The fourth-order valence-electron chi connectivity index (χ4n) is 1.58. The smallest absolute Gasteiger partial charge is 0.133 e. The van der Waals surface area contributed by atoms with Crippen molar-refractivity contribution in [3.05, 3.63) is 35.5 Å². The fraction of sp³-hybridized carbons (Fsp3) is 0.455. The highest BCUT2D eigenvalue weighted by atomic mass is 16.5. The summed E-state index contributed by atoms with van der Waals surface area (Å²) in [5, 5.41) is 11.3. The van der Waals surface area contributed by atoms with Crippen LogP contribution in [-0.2, 0) is 20.0 Å². The van der Waals surface area contributed by atoms with Crippen molar-refractivity contribution in [3.63, 3.8) is 0 Å². The van der Waals surface area contributed by atoms with Crippen LogP contribution in [0.15, 0.2) is 22.9 Å². The Morgan fingerprint density at radius 2 is 2.38 bits per heavy atom. The minimum absolute atomic E-state index is 0.745. The summed E-state index contributed by atoms with van der Waals surface area (Å²) in [4.78, 5) is 0. The first-order chi connectivity index (χ1) is 7.75. The number of hydrogen-bond acceptors (Lipinski definition) is 4. The monoisotopic (exact) mass is 220 g/mol. The van der Waals surface area contributed by atoms with Gasteiger partial charge in [-0.15, -0.1) is 0 Å². The maximum absolute atomic E-state index is 4.98. The topological polar surface area (TPSA) is 55.9 Å². The molecule has 0 saturated carbocycles. The molecular weight excluding hydrogens is 204 g/mol. The molecule has 0 amide bonds. The molecule has 0 aliphatic carbocycles. The van der Waals surface area contributed by atoms with Gasteiger partial charge in [0.15, 0.2) is 0 Å². The number of aromatic nitrogens is 3. The lowest BCUT2D eigenvalue weighted by Crippen LogP contribution is -2.18. The molecule has 0 aliphatic rings. The summed E-state index contributed by atoms with van der Waals surface area (Å²) in [7, 11) is 1.95. The number of rotatable bonds is 5. The van der Waals surface area contributed by atoms with Gasteiger partial charge in [0.05, 0.1) is 5.69 Å². The maximum atomic E-state index is 4.98. The Balaban J connectivity index is 1.71. The second kappa shape index (κ2) is 4.94. The molecule has 0 unspecified atom stereocenters. The van der Waals surface area contributed by atoms with E-state index in [9.17, 15) is 0 Å². The third-order valence-electron chi connectivity index (χ3n) is 2.46. The molecule has 16 heavy (non-hydrogen) atoms. The largest absolute Gasteiger partial charge is 0.361 e. The SMILES string of the molecule is Cc1cc(CNCCc2ccnn2C)no1. The van der Waals surface area contributed by atoms with Crippen LogP contribution in [0, 0.1) is 6.92 Å². The average molecular weight is 220 g/mol. The Bertz CT molecular complexity index is 446. The summed E-state index contributed by atoms with van der Waals surface area (Å²) in [6.07, 6.45) is 2.78. The third kappa shape index (κ3) is 2.70. The Kier molecular flexibility index (Phi) is 3.36. The maximum Gasteiger partial charge on any atom is 0.133 e. The number of hydrogen-bond donors (Lipinski definition) is 1. The number of aryl methyl sites for hydroxylation is 2. The lowest BCUT2D eigenvalue weighted by atomic mass is 10.3. The van der Waals surface area contributed by atoms with Gasteiger partial charge in [0, 0.05) is 44.5 Å². The molecule has 0 bridgehead atoms. The van der Waals surface area contributed by atoms with Gasteiger partial charge < -0.3 is 9.84 Å². The van der Waals surface area contributed by atoms with Gasteiger partial charge in [-0.3, -0.25) is 4.68 Å². The van der Waals surface area contributed by atoms with Crippen LogP contribution in [0.3, 0.4) is 0 Å². The van der Waals surface area contributed by atoms with Gasteiger partial charge in [-0.1, -0.05) is 5.16 Å². The highest BCUT2D eigenvalue weighted by molar-refractivity contribution is 5.03. The zero-order chi connectivity index (χ0) is 11.4. The molecule has 86 valence electrons. The first kappa shape index (κ1) is 10.9. The van der Waals surface area contributed by atoms with Crippen LogP contribution in [0.2, 0.25) is 0 Å². The molecule has 0 aliphatic heterocycles. The van der Waals surface area contributed by atoms with E-state index in [1.54, 1.807) is 0 Å². The van der Waals surface area contributed by atoms with Gasteiger partial charge in [-0.05, 0) is 13.0 Å². The van der Waals surface area contributed by atoms with Crippen LogP contribution in [0.5, 0.6) is 0 Å². The quantitative estimate of drug-likeness (QED) is 0.765. The van der Waals surface area contributed by atoms with Crippen LogP contribution >= 0.6 is 0 Å². The molecule has 0 radical (unpaired) electrons. The van der Waals surface area contributed by atoms with Crippen molar-refractivity contribution in [1.29, 1.82) is 0 Å². The van der Waals surface area contributed by atoms with Crippen LogP contribution < -0.4 is 5.32 Å². The normalized spacial score (nSPS) is 10.9. The summed E-state index contributed by atoms with van der Waals surface area (Å²) < 4.78 is 6.87. The van der Waals surface area contributed by atoms with Crippen LogP contribution in [-0.4, -0.2) is 21.5 Å². The van der Waals surface area contributed by atoms with Gasteiger partial charge in [0.1, 0.15) is 5.76 Å². The third-order valence-corrected chi connectivity index (χ3v) is 2.46. The molecule has 2 aromatic heterocycles. The van der Waals surface area contributed by atoms with Gasteiger partial charge in [-0.2, -0.15) is 5.10 Å². The van der Waals surface area contributed by atoms with E-state index in [1.165, 1.54) is 5.69 Å². The lowest BCUT2D eigenvalue weighted by molar-refractivity contribution is 0.388. The summed E-state index contributed by atoms with van der Waals surface area (Å²) in [6, 6.07) is 3.97. The van der Waals surface area contributed by atoms with Crippen molar-refractivity contribution in [2.45, 2.75) is 19.9 Å². The van der Waals surface area contributed by atoms with Crippen molar-refractivity contribution < 1.29 is 4.52 Å². The van der Waals surface area contributed by atoms with E-state index < -0.39 is 0 Å². The van der Waals surface area contributed by atoms with E-state index in [2.05, 4.69) is 15.6 Å². The first-order valence-electron chi connectivity index (χ1n) is 5.35. The van der Waals surface area contributed by atoms with Crippen molar-refractivity contribution in [3.8, 4) is 0 Å². The first-order valence-corrected chi connectivity index (χ1v) is 5.35. The Morgan fingerprint density at radius 1 is 1.50 bits per heavy atom. The predicted octanol–water partition coefficient (Wildman–Crippen LogP) is 1.05. The zero-order valence-electron chi connectivity index (χ0n) is 9.60. The van der Waals surface area contributed by atoms with Crippen molar-refractivity contribution >= 4 is 0 Å². The van der Waals surface area contributed by atoms with E-state index in [4.69, 9.17) is 4.52 Å². The fourth-order valence-corrected chi connectivity index (χ4v) is 1.58. The average Bonchev–Trinajstić information content (AvgIpc) is 2.83. The zero-order valence-corrected chi connectivity index (χ0v) is 9.60. The van der Waals surface area contributed by atoms with E-state index >= 15 is 0 Å². The standard InChI is InChI=1S/C11H16N4O/c1-9-7-10(14-16-9)8-12-5-3-11-4-6-13-15(11)2/h4,6-7,12H,3,5,8H2,1-2H3. The molecule has 0 aromatic carbocycles. The van der Waals surface area contributed by atoms with Crippen LogP contribution in [0.25, 0.3) is 0 Å². The Morgan fingerprint density at radius 3 is 3.00 bits per heavy atom. The second-order valence-electron chi connectivity index (χ2n) is 3.80. The van der Waals surface area contributed by atoms with E-state index in [0.29, 0.717) is 0 Å². The molecule has 1 N–H and O–H groups in total. The summed E-state index contributed by atoms with van der Waals surface area (Å²) in [6.45, 7) is 3.55. The Labute approximate surface area is 94.4 Å². The highest BCUT2D eigenvalue weighted by Crippen LogP contribution is 2.01. The number of nitrogens with one attached hydrogen (secondary N) is 1. The molecule has 2 heterocycles. The van der Waals surface area contributed by atoms with Crippen molar-refractivity contribution in [2.75, 3.05) is 6.54 Å². The Hall–Kier alpha value is -1.62. The summed E-state index contributed by atoms with van der Waals surface area (Å²) >= 11 is 0. The molecule has 5 heteroatoms. The molecule has 0 atom stereocenters. The van der Waals surface area contributed by atoms with E-state index in [0.717, 1.165) is 31.0 Å². The second-order valence-corrected chi connectivity index (χ2v) is 3.80. The minimum Gasteiger partial charge on any atom is -0.361 e. The van der Waals surface area contributed by atoms with E-state index in [1.807, 2.05) is 37.0 Å². The van der Waals surface area contributed by atoms with Crippen molar-refractivity contribution in [2.24, 2.45) is 7.05 Å². The predicted molar refractivity (Wildman–Crippen MR) is 59.9 cm³/mol. The molecule has 0 saturated heterocycles. The highest BCUT2D eigenvalue weighted by Gasteiger charge is 2.00. The van der Waals surface area contributed by atoms with Gasteiger partial charge in [-0.25, -0.2) is 0 Å². The van der Waals surface area contributed by atoms with Crippen molar-refractivity contribution in [1.82, 2.24) is 20.3 Å². The molecule has 0 fully saturated rings. The molecule has 5 nitrogen and oxygen atoms in total. The molecule has 2 aromatic rings. The summed E-state index contributed by atoms with van der Waals surface area (Å²) in [5.41, 5.74) is 2.17. The minimum atomic E-state index is 0.745. The molecule has 0 spiro atoms. The van der Waals surface area contributed by atoms with Gasteiger partial charge in [0.2, 0.25) is 0 Å². The number of nitrogens with zero attached hydrogens (tertiary/aromatic N) is 3. The van der Waals surface area contributed by atoms with Crippen LogP contribution in [0.4, 0.5) is 0 Å². The van der Waals surface area contributed by atoms with E-state index in [-0.39, 0.29) is 0 Å². The lowest BCUT2D eigenvalue weighted by Gasteiger charge is -2.02. The van der Waals surface area contributed by atoms with Gasteiger partial charge in [0.25, 0.3) is 0 Å². The summed E-state index contributed by atoms with van der Waals surface area (Å²) in [5.74, 6) is 0.850.